The fourth-order valence-electron chi connectivity index (χ4n) is 7.74. The minimum atomic E-state index is -1.83. The lowest BCUT2D eigenvalue weighted by Crippen LogP contribution is -2.34. The highest BCUT2D eigenvalue weighted by molar-refractivity contribution is 6.07. The van der Waals surface area contributed by atoms with E-state index in [0.29, 0.717) is 28.6 Å². The molecule has 0 amide bonds. The van der Waals surface area contributed by atoms with Gasteiger partial charge in [0.15, 0.2) is 17.5 Å². The van der Waals surface area contributed by atoms with Crippen LogP contribution in [0.5, 0.6) is 0 Å². The third kappa shape index (κ3) is 4.92. The summed E-state index contributed by atoms with van der Waals surface area (Å²) < 4.78 is 44.9. The van der Waals surface area contributed by atoms with E-state index in [4.69, 9.17) is 19.4 Å². The highest BCUT2D eigenvalue weighted by atomic mass is 16.3. The van der Waals surface area contributed by atoms with Crippen molar-refractivity contribution in [1.29, 1.82) is 0 Å². The zero-order valence-electron chi connectivity index (χ0n) is 32.4. The van der Waals surface area contributed by atoms with Gasteiger partial charge in [-0.05, 0) is 94.7 Å². The molecule has 2 aromatic heterocycles. The monoisotopic (exact) mass is 663 g/mol. The SMILES string of the molecule is [2H]C1([2H])CC(C)(C)CC([2H])([2H])C12c1ccccc1-c1ccc(-c3ccc4c(c3)oc3cc(-c5nc(-c6ccccc6)nc(-c6ccccc6)n5)ccc34)cc12. The predicted molar refractivity (Wildman–Crippen MR) is 207 cm³/mol. The van der Waals surface area contributed by atoms with Gasteiger partial charge in [0.2, 0.25) is 0 Å². The number of aromatic nitrogens is 3. The summed E-state index contributed by atoms with van der Waals surface area (Å²) >= 11 is 0. The van der Waals surface area contributed by atoms with Crippen LogP contribution in [0.2, 0.25) is 0 Å². The van der Waals surface area contributed by atoms with Gasteiger partial charge in [-0.1, -0.05) is 123 Å². The molecular formula is C47H37N3O. The normalized spacial score (nSPS) is 18.8. The highest BCUT2D eigenvalue weighted by Gasteiger charge is 2.46. The van der Waals surface area contributed by atoms with E-state index in [1.807, 2.05) is 129 Å². The van der Waals surface area contributed by atoms with Gasteiger partial charge in [-0.15, -0.1) is 0 Å². The Hall–Kier alpha value is -5.87. The second-order valence-electron chi connectivity index (χ2n) is 14.5. The Labute approximate surface area is 303 Å². The van der Waals surface area contributed by atoms with E-state index in [-0.39, 0.29) is 12.8 Å². The molecule has 2 aliphatic carbocycles. The third-order valence-corrected chi connectivity index (χ3v) is 10.5. The lowest BCUT2D eigenvalue weighted by atomic mass is 9.61. The Morgan fingerprint density at radius 2 is 0.980 bits per heavy atom. The maximum absolute atomic E-state index is 9.58. The van der Waals surface area contributed by atoms with Gasteiger partial charge in [0.05, 0.1) is 0 Å². The van der Waals surface area contributed by atoms with Crippen LogP contribution >= 0.6 is 0 Å². The van der Waals surface area contributed by atoms with Crippen molar-refractivity contribution in [2.24, 2.45) is 5.41 Å². The molecule has 8 aromatic rings. The molecule has 6 aromatic carbocycles. The van der Waals surface area contributed by atoms with Crippen LogP contribution < -0.4 is 0 Å². The number of hydrogen-bond acceptors (Lipinski definition) is 4. The molecule has 0 aliphatic heterocycles. The Kier molecular flexibility index (Phi) is 5.78. The van der Waals surface area contributed by atoms with Crippen LogP contribution in [0.1, 0.15) is 56.0 Å². The van der Waals surface area contributed by atoms with E-state index in [1.165, 1.54) is 0 Å². The van der Waals surface area contributed by atoms with Crippen molar-refractivity contribution in [3.63, 3.8) is 0 Å². The lowest BCUT2D eigenvalue weighted by Gasteiger charge is -2.43. The maximum atomic E-state index is 9.58. The summed E-state index contributed by atoms with van der Waals surface area (Å²) in [5.41, 5.74) is 7.17. The smallest absolute Gasteiger partial charge is 0.164 e. The Morgan fingerprint density at radius 3 is 1.63 bits per heavy atom. The first-order valence-electron chi connectivity index (χ1n) is 19.5. The van der Waals surface area contributed by atoms with Crippen molar-refractivity contribution in [2.75, 3.05) is 0 Å². The van der Waals surface area contributed by atoms with Crippen LogP contribution in [0.3, 0.4) is 0 Å². The van der Waals surface area contributed by atoms with E-state index < -0.39 is 23.6 Å². The number of nitrogens with zero attached hydrogens (tertiary/aromatic N) is 3. The second-order valence-corrected chi connectivity index (χ2v) is 14.5. The molecule has 2 aliphatic rings. The van der Waals surface area contributed by atoms with E-state index >= 15 is 0 Å². The maximum Gasteiger partial charge on any atom is 0.164 e. The van der Waals surface area contributed by atoms with Crippen molar-refractivity contribution >= 4 is 21.9 Å². The number of hydrogen-bond donors (Lipinski definition) is 0. The molecule has 4 nitrogen and oxygen atoms in total. The summed E-state index contributed by atoms with van der Waals surface area (Å²) in [5, 5.41) is 1.95. The van der Waals surface area contributed by atoms with Gasteiger partial charge in [-0.3, -0.25) is 0 Å². The third-order valence-electron chi connectivity index (χ3n) is 10.5. The number of rotatable bonds is 4. The molecule has 0 N–H and O–H groups in total. The van der Waals surface area contributed by atoms with Gasteiger partial charge in [-0.25, -0.2) is 15.0 Å². The van der Waals surface area contributed by atoms with Crippen LogP contribution in [0, 0.1) is 5.41 Å². The van der Waals surface area contributed by atoms with Gasteiger partial charge in [0.25, 0.3) is 0 Å². The average Bonchev–Trinajstić information content (AvgIpc) is 3.70. The summed E-state index contributed by atoms with van der Waals surface area (Å²) in [6.45, 7) is 3.96. The minimum absolute atomic E-state index is 0.260. The minimum Gasteiger partial charge on any atom is -0.456 e. The van der Waals surface area contributed by atoms with Gasteiger partial charge in [0, 0.05) is 38.4 Å². The molecule has 51 heavy (non-hydrogen) atoms. The molecule has 0 unspecified atom stereocenters. The molecule has 1 saturated carbocycles. The first-order valence-corrected chi connectivity index (χ1v) is 17.5. The van der Waals surface area contributed by atoms with Crippen molar-refractivity contribution in [1.82, 2.24) is 15.0 Å². The van der Waals surface area contributed by atoms with Crippen LogP contribution in [0.4, 0.5) is 0 Å². The second kappa shape index (κ2) is 11.3. The fraction of sp³-hybridized carbons (Fsp3) is 0.170. The summed E-state index contributed by atoms with van der Waals surface area (Å²) in [6.07, 6.45) is -3.14. The van der Waals surface area contributed by atoms with Gasteiger partial charge in [-0.2, -0.15) is 0 Å². The highest BCUT2D eigenvalue weighted by Crippen LogP contribution is 2.58. The number of fused-ring (bicyclic) bond motifs is 8. The van der Waals surface area contributed by atoms with E-state index in [2.05, 4.69) is 24.3 Å². The summed E-state index contributed by atoms with van der Waals surface area (Å²) in [6, 6.07) is 46.0. The summed E-state index contributed by atoms with van der Waals surface area (Å²) in [4.78, 5) is 14.6. The molecule has 4 heteroatoms. The van der Waals surface area contributed by atoms with Crippen molar-refractivity contribution in [2.45, 2.75) is 44.8 Å². The molecule has 0 atom stereocenters. The predicted octanol–water partition coefficient (Wildman–Crippen LogP) is 12.3. The zero-order valence-corrected chi connectivity index (χ0v) is 28.4. The largest absolute Gasteiger partial charge is 0.456 e. The Balaban J connectivity index is 1.08. The summed E-state index contributed by atoms with van der Waals surface area (Å²) in [5.74, 6) is 1.74. The number of furan rings is 1. The van der Waals surface area contributed by atoms with E-state index in [1.54, 1.807) is 0 Å². The Bertz CT molecular complexity index is 2730. The first-order chi connectivity index (χ1) is 26.4. The number of benzene rings is 6. The van der Waals surface area contributed by atoms with Gasteiger partial charge < -0.3 is 4.42 Å². The molecule has 0 saturated heterocycles. The molecule has 2 heterocycles. The van der Waals surface area contributed by atoms with E-state index in [9.17, 15) is 5.48 Å². The van der Waals surface area contributed by atoms with E-state index in [0.717, 1.165) is 60.9 Å². The Morgan fingerprint density at radius 1 is 0.490 bits per heavy atom. The lowest BCUT2D eigenvalue weighted by molar-refractivity contribution is 0.188. The van der Waals surface area contributed by atoms with Crippen molar-refractivity contribution in [3.8, 4) is 56.4 Å². The molecule has 0 bridgehead atoms. The van der Waals surface area contributed by atoms with Crippen LogP contribution in [0.25, 0.3) is 78.4 Å². The molecule has 246 valence electrons. The first kappa shape index (κ1) is 26.0. The topological polar surface area (TPSA) is 51.8 Å². The quantitative estimate of drug-likeness (QED) is 0.188. The van der Waals surface area contributed by atoms with Crippen LogP contribution in [-0.2, 0) is 5.41 Å². The van der Waals surface area contributed by atoms with Gasteiger partial charge >= 0.3 is 0 Å². The van der Waals surface area contributed by atoms with Crippen molar-refractivity contribution in [3.05, 3.63) is 151 Å². The molecule has 1 fully saturated rings. The fourth-order valence-corrected chi connectivity index (χ4v) is 7.74. The van der Waals surface area contributed by atoms with Gasteiger partial charge in [0.1, 0.15) is 11.2 Å². The van der Waals surface area contributed by atoms with Crippen LogP contribution in [0.15, 0.2) is 144 Å². The molecule has 10 rings (SSSR count). The van der Waals surface area contributed by atoms with Crippen molar-refractivity contribution < 1.29 is 9.90 Å². The molecule has 1 spiro atoms. The van der Waals surface area contributed by atoms with Crippen LogP contribution in [-0.4, -0.2) is 15.0 Å². The standard InChI is InChI=1S/C47H37N3O/c1-46(2)23-25-47(26-24-46)39-16-10-9-15-35(39)36-20-17-32(27-40(36)47)33-18-21-37-38-22-19-34(29-42(38)51-41(37)28-33)45-49-43(30-11-5-3-6-12-30)48-44(50-45)31-13-7-4-8-14-31/h3-22,27-29H,23-26H2,1-2H3/i25D2,26D2. The zero-order chi connectivity index (χ0) is 37.7. The average molecular weight is 664 g/mol. The molecule has 0 radical (unpaired) electrons. The summed E-state index contributed by atoms with van der Waals surface area (Å²) in [7, 11) is 0. The molecular weight excluding hydrogens is 623 g/mol.